The Morgan fingerprint density at radius 3 is 2.88 bits per heavy atom. The number of phenols is 1. The largest absolute Gasteiger partial charge is 0.508 e. The second-order valence-electron chi connectivity index (χ2n) is 4.09. The molecule has 0 fully saturated rings. The molecule has 3 rings (SSSR count). The summed E-state index contributed by atoms with van der Waals surface area (Å²) in [6.45, 7) is 0. The fourth-order valence-electron chi connectivity index (χ4n) is 2.26. The van der Waals surface area contributed by atoms with Crippen LogP contribution in [0.25, 0.3) is 0 Å². The Morgan fingerprint density at radius 2 is 1.94 bits per heavy atom. The summed E-state index contributed by atoms with van der Waals surface area (Å²) >= 11 is 0. The molecule has 0 saturated heterocycles. The number of rotatable bonds is 0. The summed E-state index contributed by atoms with van der Waals surface area (Å²) in [5.74, 6) is 0.371. The average molecular weight is 212 g/mol. The van der Waals surface area contributed by atoms with Crippen LogP contribution >= 0.6 is 0 Å². The van der Waals surface area contributed by atoms with Gasteiger partial charge in [0, 0.05) is 18.2 Å². The lowest BCUT2D eigenvalue weighted by atomic mass is 10.0. The summed E-state index contributed by atoms with van der Waals surface area (Å²) in [4.78, 5) is 0. The minimum Gasteiger partial charge on any atom is -0.508 e. The lowest BCUT2D eigenvalue weighted by Gasteiger charge is -2.06. The Bertz CT molecular complexity index is 537. The molecule has 1 N–H and O–H groups in total. The third kappa shape index (κ3) is 1.45. The van der Waals surface area contributed by atoms with Crippen molar-refractivity contribution >= 4 is 0 Å². The van der Waals surface area contributed by atoms with Gasteiger partial charge in [-0.3, -0.25) is 0 Å². The molecule has 80 valence electrons. The van der Waals surface area contributed by atoms with E-state index < -0.39 is 0 Å². The molecule has 0 atom stereocenters. The molecule has 1 aromatic carbocycles. The maximum Gasteiger partial charge on any atom is 0.119 e. The molecule has 1 aliphatic rings. The molecular weight excluding hydrogens is 200 g/mol. The van der Waals surface area contributed by atoms with Crippen molar-refractivity contribution in [2.45, 2.75) is 19.3 Å². The number of nitrogens with zero attached hydrogens (tertiary/aromatic N) is 2. The Kier molecular flexibility index (Phi) is 2.10. The van der Waals surface area contributed by atoms with Gasteiger partial charge in [-0.25, -0.2) is 0 Å². The van der Waals surface area contributed by atoms with Gasteiger partial charge in [0.15, 0.2) is 0 Å². The first-order valence-corrected chi connectivity index (χ1v) is 5.44. The summed E-state index contributed by atoms with van der Waals surface area (Å²) in [7, 11) is 0. The van der Waals surface area contributed by atoms with Crippen LogP contribution < -0.4 is 0 Å². The highest BCUT2D eigenvalue weighted by Gasteiger charge is 2.16. The summed E-state index contributed by atoms with van der Waals surface area (Å²) in [6.07, 6.45) is 4.35. The lowest BCUT2D eigenvalue weighted by Crippen LogP contribution is -1.98. The maximum absolute atomic E-state index is 9.86. The van der Waals surface area contributed by atoms with Crippen LogP contribution in [0.15, 0.2) is 30.5 Å². The van der Waals surface area contributed by atoms with Gasteiger partial charge in [0.1, 0.15) is 5.75 Å². The van der Waals surface area contributed by atoms with Crippen molar-refractivity contribution in [3.05, 3.63) is 52.8 Å². The standard InChI is InChI=1S/C13H12N2O/c16-13-3-1-2-9-4-5-10-6-7-14-15-12(10)8-11(9)13/h1-3,6-7,16H,4-5,8H2. The van der Waals surface area contributed by atoms with Crippen molar-refractivity contribution in [3.8, 4) is 5.75 Å². The van der Waals surface area contributed by atoms with Crippen LogP contribution in [0.3, 0.4) is 0 Å². The van der Waals surface area contributed by atoms with E-state index in [1.807, 2.05) is 12.1 Å². The maximum atomic E-state index is 9.86. The van der Waals surface area contributed by atoms with Crippen molar-refractivity contribution in [3.63, 3.8) is 0 Å². The predicted octanol–water partition coefficient (Wildman–Crippen LogP) is 1.87. The summed E-state index contributed by atoms with van der Waals surface area (Å²) in [5, 5.41) is 17.9. The number of phenolic OH excluding ortho intramolecular Hbond substituents is 1. The molecule has 3 nitrogen and oxygen atoms in total. The molecule has 0 spiro atoms. The van der Waals surface area contributed by atoms with Crippen LogP contribution in [-0.4, -0.2) is 15.3 Å². The van der Waals surface area contributed by atoms with Crippen LogP contribution in [0, 0.1) is 0 Å². The van der Waals surface area contributed by atoms with E-state index >= 15 is 0 Å². The van der Waals surface area contributed by atoms with Gasteiger partial charge >= 0.3 is 0 Å². The Morgan fingerprint density at radius 1 is 1.06 bits per heavy atom. The normalized spacial score (nSPS) is 13.8. The van der Waals surface area contributed by atoms with E-state index in [9.17, 15) is 5.11 Å². The summed E-state index contributed by atoms with van der Waals surface area (Å²) in [6, 6.07) is 7.73. The number of aromatic nitrogens is 2. The van der Waals surface area contributed by atoms with E-state index in [1.54, 1.807) is 12.3 Å². The van der Waals surface area contributed by atoms with E-state index in [2.05, 4.69) is 16.3 Å². The van der Waals surface area contributed by atoms with Gasteiger partial charge in [0.2, 0.25) is 0 Å². The van der Waals surface area contributed by atoms with Crippen LogP contribution in [0.4, 0.5) is 0 Å². The lowest BCUT2D eigenvalue weighted by molar-refractivity contribution is 0.468. The highest BCUT2D eigenvalue weighted by atomic mass is 16.3. The van der Waals surface area contributed by atoms with Crippen molar-refractivity contribution < 1.29 is 5.11 Å². The number of hydrogen-bond acceptors (Lipinski definition) is 3. The fraction of sp³-hybridized carbons (Fsp3) is 0.231. The van der Waals surface area contributed by atoms with Gasteiger partial charge in [-0.05, 0) is 36.1 Å². The number of benzene rings is 1. The highest BCUT2D eigenvalue weighted by Crippen LogP contribution is 2.28. The van der Waals surface area contributed by atoms with Gasteiger partial charge in [0.25, 0.3) is 0 Å². The second-order valence-corrected chi connectivity index (χ2v) is 4.09. The Hall–Kier alpha value is -1.90. The summed E-state index contributed by atoms with van der Waals surface area (Å²) < 4.78 is 0. The monoisotopic (exact) mass is 212 g/mol. The predicted molar refractivity (Wildman–Crippen MR) is 60.4 cm³/mol. The van der Waals surface area contributed by atoms with Crippen LogP contribution in [0.2, 0.25) is 0 Å². The SMILES string of the molecule is Oc1cccc2c1Cc1nnccc1CC2. The van der Waals surface area contributed by atoms with Crippen molar-refractivity contribution in [1.29, 1.82) is 0 Å². The van der Waals surface area contributed by atoms with Gasteiger partial charge in [-0.1, -0.05) is 12.1 Å². The molecule has 0 amide bonds. The number of fused-ring (bicyclic) bond motifs is 2. The van der Waals surface area contributed by atoms with E-state index in [0.29, 0.717) is 12.2 Å². The first-order valence-electron chi connectivity index (χ1n) is 5.44. The zero-order valence-corrected chi connectivity index (χ0v) is 8.85. The molecule has 2 aromatic rings. The first-order chi connectivity index (χ1) is 7.84. The fourth-order valence-corrected chi connectivity index (χ4v) is 2.26. The Balaban J connectivity index is 2.13. The molecule has 0 bridgehead atoms. The van der Waals surface area contributed by atoms with Crippen molar-refractivity contribution in [2.75, 3.05) is 0 Å². The van der Waals surface area contributed by atoms with Crippen molar-refractivity contribution in [1.82, 2.24) is 10.2 Å². The third-order valence-electron chi connectivity index (χ3n) is 3.15. The van der Waals surface area contributed by atoms with Crippen LogP contribution in [0.5, 0.6) is 5.75 Å². The van der Waals surface area contributed by atoms with E-state index in [4.69, 9.17) is 0 Å². The molecule has 1 aliphatic carbocycles. The topological polar surface area (TPSA) is 46.0 Å². The number of aromatic hydroxyl groups is 1. The van der Waals surface area contributed by atoms with Crippen LogP contribution in [-0.2, 0) is 19.3 Å². The van der Waals surface area contributed by atoms with Gasteiger partial charge in [0.05, 0.1) is 5.69 Å². The van der Waals surface area contributed by atoms with Gasteiger partial charge in [-0.2, -0.15) is 10.2 Å². The van der Waals surface area contributed by atoms with Crippen LogP contribution in [0.1, 0.15) is 22.4 Å². The van der Waals surface area contributed by atoms with Crippen molar-refractivity contribution in [2.24, 2.45) is 0 Å². The summed E-state index contributed by atoms with van der Waals surface area (Å²) in [5.41, 5.74) is 4.45. The molecule has 1 aromatic heterocycles. The minimum atomic E-state index is 0.371. The second kappa shape index (κ2) is 3.59. The third-order valence-corrected chi connectivity index (χ3v) is 3.15. The Labute approximate surface area is 93.8 Å². The van der Waals surface area contributed by atoms with E-state index in [1.165, 1.54) is 11.1 Å². The number of hydrogen-bond donors (Lipinski definition) is 1. The minimum absolute atomic E-state index is 0.371. The smallest absolute Gasteiger partial charge is 0.119 e. The molecule has 1 heterocycles. The molecule has 3 heteroatoms. The van der Waals surface area contributed by atoms with Gasteiger partial charge in [-0.15, -0.1) is 0 Å². The molecule has 0 aliphatic heterocycles. The van der Waals surface area contributed by atoms with E-state index in [0.717, 1.165) is 24.1 Å². The molecule has 0 unspecified atom stereocenters. The molecule has 0 radical (unpaired) electrons. The number of aryl methyl sites for hydroxylation is 2. The zero-order valence-electron chi connectivity index (χ0n) is 8.85. The zero-order chi connectivity index (χ0) is 11.0. The molecular formula is C13H12N2O. The van der Waals surface area contributed by atoms with Gasteiger partial charge < -0.3 is 5.11 Å². The quantitative estimate of drug-likeness (QED) is 0.725. The highest BCUT2D eigenvalue weighted by molar-refractivity contribution is 5.44. The first kappa shape index (κ1) is 9.33. The average Bonchev–Trinajstić information content (AvgIpc) is 2.50. The van der Waals surface area contributed by atoms with E-state index in [-0.39, 0.29) is 0 Å². The molecule has 16 heavy (non-hydrogen) atoms. The molecule has 0 saturated carbocycles.